The number of rotatable bonds is 4. The van der Waals surface area contributed by atoms with Gasteiger partial charge in [-0.3, -0.25) is 0 Å². The molecule has 3 nitrogen and oxygen atoms in total. The van der Waals surface area contributed by atoms with Crippen molar-refractivity contribution in [3.63, 3.8) is 0 Å². The molecule has 1 heterocycles. The maximum atomic E-state index is 10.1. The highest BCUT2D eigenvalue weighted by Crippen LogP contribution is 2.40. The Morgan fingerprint density at radius 2 is 2.00 bits per heavy atom. The molecule has 1 fully saturated rings. The number of nitrogens with zero attached hydrogens (tertiary/aromatic N) is 1. The Kier molecular flexibility index (Phi) is 4.59. The lowest BCUT2D eigenvalue weighted by molar-refractivity contribution is 0.193. The minimum atomic E-state index is -0.513. The van der Waals surface area contributed by atoms with Crippen LogP contribution < -0.4 is 9.64 Å². The fraction of sp³-hybridized carbons (Fsp3) is 0.647. The van der Waals surface area contributed by atoms with Crippen molar-refractivity contribution in [3.8, 4) is 5.75 Å². The number of hydrogen-bond acceptors (Lipinski definition) is 3. The summed E-state index contributed by atoms with van der Waals surface area (Å²) < 4.78 is 5.41. The molecular weight excluding hydrogens is 250 g/mol. The summed E-state index contributed by atoms with van der Waals surface area (Å²) in [5.41, 5.74) is 2.51. The molecule has 0 saturated carbocycles. The van der Waals surface area contributed by atoms with Gasteiger partial charge < -0.3 is 14.7 Å². The van der Waals surface area contributed by atoms with Gasteiger partial charge >= 0.3 is 0 Å². The van der Waals surface area contributed by atoms with Crippen LogP contribution in [0.4, 0.5) is 5.69 Å². The number of benzene rings is 1. The fourth-order valence-corrected chi connectivity index (χ4v) is 3.05. The van der Waals surface area contributed by atoms with Crippen LogP contribution in [0.3, 0.4) is 0 Å². The van der Waals surface area contributed by atoms with E-state index in [0.29, 0.717) is 5.41 Å². The van der Waals surface area contributed by atoms with Crippen molar-refractivity contribution in [3.05, 3.63) is 23.8 Å². The second kappa shape index (κ2) is 6.04. The zero-order valence-electron chi connectivity index (χ0n) is 13.1. The van der Waals surface area contributed by atoms with Gasteiger partial charge in [-0.05, 0) is 37.3 Å². The highest BCUT2D eigenvalue weighted by atomic mass is 16.5. The molecule has 112 valence electrons. The van der Waals surface area contributed by atoms with Gasteiger partial charge in [-0.2, -0.15) is 0 Å². The molecular formula is C17H27NO2. The maximum absolute atomic E-state index is 10.1. The molecule has 1 aliphatic rings. The Hall–Kier alpha value is -1.22. The Balaban J connectivity index is 2.26. The Morgan fingerprint density at radius 3 is 2.50 bits per heavy atom. The van der Waals surface area contributed by atoms with E-state index in [2.05, 4.69) is 24.8 Å². The summed E-state index contributed by atoms with van der Waals surface area (Å²) in [7, 11) is 1.66. The topological polar surface area (TPSA) is 32.7 Å². The normalized spacial score (nSPS) is 19.8. The van der Waals surface area contributed by atoms with Crippen LogP contribution in [-0.2, 0) is 0 Å². The van der Waals surface area contributed by atoms with Gasteiger partial charge in [0.15, 0.2) is 0 Å². The largest absolute Gasteiger partial charge is 0.496 e. The molecule has 0 amide bonds. The first-order valence-electron chi connectivity index (χ1n) is 7.60. The van der Waals surface area contributed by atoms with E-state index in [1.807, 2.05) is 19.1 Å². The van der Waals surface area contributed by atoms with E-state index in [0.717, 1.165) is 30.1 Å². The summed E-state index contributed by atoms with van der Waals surface area (Å²) in [6, 6.07) is 6.03. The molecule has 1 aromatic carbocycles. The molecule has 1 saturated heterocycles. The van der Waals surface area contributed by atoms with Crippen LogP contribution in [0.1, 0.15) is 51.7 Å². The van der Waals surface area contributed by atoms with Crippen molar-refractivity contribution < 1.29 is 9.84 Å². The van der Waals surface area contributed by atoms with Crippen LogP contribution in [0.25, 0.3) is 0 Å². The number of aliphatic hydroxyl groups excluding tert-OH is 1. The van der Waals surface area contributed by atoms with Crippen molar-refractivity contribution in [1.82, 2.24) is 0 Å². The van der Waals surface area contributed by atoms with Crippen LogP contribution in [0.15, 0.2) is 18.2 Å². The van der Waals surface area contributed by atoms with Gasteiger partial charge in [0.25, 0.3) is 0 Å². The van der Waals surface area contributed by atoms with E-state index in [1.54, 1.807) is 7.11 Å². The molecule has 0 aliphatic carbocycles. The average Bonchev–Trinajstić information content (AvgIpc) is 2.47. The predicted molar refractivity (Wildman–Crippen MR) is 83.5 cm³/mol. The van der Waals surface area contributed by atoms with Gasteiger partial charge in [-0.25, -0.2) is 0 Å². The summed E-state index contributed by atoms with van der Waals surface area (Å²) in [5.74, 6) is 0.779. The minimum absolute atomic E-state index is 0.473. The van der Waals surface area contributed by atoms with Crippen LogP contribution in [0.2, 0.25) is 0 Å². The smallest absolute Gasteiger partial charge is 0.126 e. The molecule has 20 heavy (non-hydrogen) atoms. The van der Waals surface area contributed by atoms with E-state index >= 15 is 0 Å². The van der Waals surface area contributed by atoms with E-state index < -0.39 is 6.10 Å². The average molecular weight is 277 g/mol. The maximum Gasteiger partial charge on any atom is 0.126 e. The number of anilines is 1. The van der Waals surface area contributed by atoms with E-state index in [4.69, 9.17) is 4.74 Å². The summed E-state index contributed by atoms with van der Waals surface area (Å²) in [5, 5.41) is 10.1. The van der Waals surface area contributed by atoms with Gasteiger partial charge in [0.2, 0.25) is 0 Å². The number of piperidine rings is 1. The quantitative estimate of drug-likeness (QED) is 0.909. The zero-order valence-corrected chi connectivity index (χ0v) is 13.1. The lowest BCUT2D eigenvalue weighted by atomic mass is 9.78. The molecule has 1 aliphatic heterocycles. The lowest BCUT2D eigenvalue weighted by Crippen LogP contribution is -2.39. The molecule has 1 unspecified atom stereocenters. The molecule has 0 aromatic heterocycles. The SMILES string of the molecule is CCC1(C)CCN(c2cccc(OC)c2C(C)O)CC1. The summed E-state index contributed by atoms with van der Waals surface area (Å²) in [6.07, 6.45) is 3.14. The third kappa shape index (κ3) is 2.93. The summed E-state index contributed by atoms with van der Waals surface area (Å²) >= 11 is 0. The molecule has 2 rings (SSSR count). The third-order valence-corrected chi connectivity index (χ3v) is 4.85. The number of methoxy groups -OCH3 is 1. The monoisotopic (exact) mass is 277 g/mol. The molecule has 0 bridgehead atoms. The zero-order chi connectivity index (χ0) is 14.8. The minimum Gasteiger partial charge on any atom is -0.496 e. The standard InChI is InChI=1S/C17H27NO2/c1-5-17(3)9-11-18(12-10-17)14-7-6-8-15(20-4)16(14)13(2)19/h6-8,13,19H,5,9-12H2,1-4H3. The summed E-state index contributed by atoms with van der Waals surface area (Å²) in [4.78, 5) is 2.39. The first kappa shape index (κ1) is 15.2. The molecule has 0 spiro atoms. The van der Waals surface area contributed by atoms with Crippen molar-refractivity contribution >= 4 is 5.69 Å². The van der Waals surface area contributed by atoms with Crippen molar-refractivity contribution in [2.75, 3.05) is 25.1 Å². The molecule has 1 N–H and O–H groups in total. The number of aliphatic hydroxyl groups is 1. The third-order valence-electron chi connectivity index (χ3n) is 4.85. The van der Waals surface area contributed by atoms with Crippen LogP contribution in [0.5, 0.6) is 5.75 Å². The van der Waals surface area contributed by atoms with Gasteiger partial charge in [0, 0.05) is 24.3 Å². The number of ether oxygens (including phenoxy) is 1. The van der Waals surface area contributed by atoms with E-state index in [9.17, 15) is 5.11 Å². The highest BCUT2D eigenvalue weighted by Gasteiger charge is 2.30. The van der Waals surface area contributed by atoms with Gasteiger partial charge in [-0.1, -0.05) is 26.3 Å². The molecule has 0 radical (unpaired) electrons. The molecule has 1 atom stereocenters. The first-order valence-corrected chi connectivity index (χ1v) is 7.60. The van der Waals surface area contributed by atoms with E-state index in [-0.39, 0.29) is 0 Å². The second-order valence-corrected chi connectivity index (χ2v) is 6.22. The Morgan fingerprint density at radius 1 is 1.35 bits per heavy atom. The lowest BCUT2D eigenvalue weighted by Gasteiger charge is -2.41. The van der Waals surface area contributed by atoms with Gasteiger partial charge in [-0.15, -0.1) is 0 Å². The van der Waals surface area contributed by atoms with E-state index in [1.165, 1.54) is 19.3 Å². The Bertz CT molecular complexity index is 448. The molecule has 1 aromatic rings. The van der Waals surface area contributed by atoms with Crippen LogP contribution >= 0.6 is 0 Å². The van der Waals surface area contributed by atoms with Crippen molar-refractivity contribution in [1.29, 1.82) is 0 Å². The van der Waals surface area contributed by atoms with Crippen molar-refractivity contribution in [2.45, 2.75) is 46.1 Å². The fourth-order valence-electron chi connectivity index (χ4n) is 3.05. The van der Waals surface area contributed by atoms with Gasteiger partial charge in [0.05, 0.1) is 13.2 Å². The van der Waals surface area contributed by atoms with Crippen LogP contribution in [-0.4, -0.2) is 25.3 Å². The van der Waals surface area contributed by atoms with Crippen molar-refractivity contribution in [2.24, 2.45) is 5.41 Å². The Labute approximate surface area is 122 Å². The first-order chi connectivity index (χ1) is 9.50. The summed E-state index contributed by atoms with van der Waals surface area (Å²) in [6.45, 7) is 8.57. The van der Waals surface area contributed by atoms with Crippen LogP contribution in [0, 0.1) is 5.41 Å². The highest BCUT2D eigenvalue weighted by molar-refractivity contribution is 5.60. The van der Waals surface area contributed by atoms with Gasteiger partial charge in [0.1, 0.15) is 5.75 Å². The predicted octanol–water partition coefficient (Wildman–Crippen LogP) is 3.77. The second-order valence-electron chi connectivity index (χ2n) is 6.22. The molecule has 3 heteroatoms. The number of hydrogen-bond donors (Lipinski definition) is 1.